The zero-order valence-electron chi connectivity index (χ0n) is 9.98. The summed E-state index contributed by atoms with van der Waals surface area (Å²) in [6.07, 6.45) is -3.48. The highest BCUT2D eigenvalue weighted by Gasteiger charge is 2.37. The molecule has 3 rings (SSSR count). The molecule has 20 heavy (non-hydrogen) atoms. The first-order valence-corrected chi connectivity index (χ1v) is 5.80. The van der Waals surface area contributed by atoms with Crippen molar-refractivity contribution in [2.75, 3.05) is 18.0 Å². The van der Waals surface area contributed by atoms with E-state index >= 15 is 0 Å². The van der Waals surface area contributed by atoms with Crippen LogP contribution in [0.4, 0.5) is 27.8 Å². The molecule has 2 aromatic heterocycles. The number of hydrogen-bond acceptors (Lipinski definition) is 3. The summed E-state index contributed by atoms with van der Waals surface area (Å²) in [6, 6.07) is 0. The van der Waals surface area contributed by atoms with E-state index in [1.165, 1.54) is 21.7 Å². The number of imidazole rings is 1. The number of halogens is 5. The van der Waals surface area contributed by atoms with E-state index in [0.717, 1.165) is 6.20 Å². The Kier molecular flexibility index (Phi) is 2.80. The fourth-order valence-electron chi connectivity index (χ4n) is 2.11. The fraction of sp³-hybridized carbons (Fsp3) is 0.455. The van der Waals surface area contributed by atoms with Gasteiger partial charge in [-0.2, -0.15) is 13.2 Å². The Morgan fingerprint density at radius 1 is 1.25 bits per heavy atom. The maximum Gasteiger partial charge on any atom is 0.434 e. The molecule has 0 bridgehead atoms. The van der Waals surface area contributed by atoms with E-state index < -0.39 is 24.2 Å². The molecule has 0 amide bonds. The molecular formula is C11H9F5N4. The highest BCUT2D eigenvalue weighted by atomic mass is 19.4. The van der Waals surface area contributed by atoms with Gasteiger partial charge in [0, 0.05) is 31.7 Å². The minimum atomic E-state index is -4.55. The zero-order chi connectivity index (χ0) is 14.5. The second-order valence-corrected chi connectivity index (χ2v) is 4.61. The normalized spacial score (nSPS) is 17.0. The average Bonchev–Trinajstić information content (AvgIpc) is 2.70. The number of fused-ring (bicyclic) bond motifs is 1. The predicted octanol–water partition coefficient (Wildman–Crippen LogP) is 2.45. The predicted molar refractivity (Wildman–Crippen MR) is 59.7 cm³/mol. The zero-order valence-corrected chi connectivity index (χ0v) is 9.98. The lowest BCUT2D eigenvalue weighted by Gasteiger charge is -2.39. The fourth-order valence-corrected chi connectivity index (χ4v) is 2.11. The first-order chi connectivity index (χ1) is 9.36. The Morgan fingerprint density at radius 2 is 1.95 bits per heavy atom. The third kappa shape index (κ3) is 2.06. The van der Waals surface area contributed by atoms with Crippen molar-refractivity contribution >= 4 is 11.5 Å². The highest BCUT2D eigenvalue weighted by Crippen LogP contribution is 2.32. The van der Waals surface area contributed by atoms with Crippen molar-refractivity contribution < 1.29 is 22.0 Å². The van der Waals surface area contributed by atoms with Gasteiger partial charge in [0.25, 0.3) is 0 Å². The molecule has 0 N–H and O–H groups in total. The van der Waals surface area contributed by atoms with Crippen LogP contribution in [0.25, 0.3) is 5.65 Å². The van der Waals surface area contributed by atoms with Crippen LogP contribution in [-0.4, -0.2) is 33.9 Å². The molecule has 0 spiro atoms. The topological polar surface area (TPSA) is 33.4 Å². The Bertz CT molecular complexity index is 629. The first-order valence-electron chi connectivity index (χ1n) is 5.80. The number of rotatable bonds is 2. The molecule has 0 radical (unpaired) electrons. The summed E-state index contributed by atoms with van der Waals surface area (Å²) in [5.41, 5.74) is -1.01. The number of alkyl halides is 5. The Hall–Kier alpha value is -1.93. The third-order valence-corrected chi connectivity index (χ3v) is 3.21. The monoisotopic (exact) mass is 292 g/mol. The highest BCUT2D eigenvalue weighted by molar-refractivity contribution is 5.65. The molecular weight excluding hydrogens is 283 g/mol. The molecule has 0 aromatic carbocycles. The number of anilines is 1. The van der Waals surface area contributed by atoms with E-state index in [0.29, 0.717) is 0 Å². The van der Waals surface area contributed by atoms with Gasteiger partial charge in [-0.15, -0.1) is 0 Å². The molecule has 0 atom stereocenters. The van der Waals surface area contributed by atoms with Gasteiger partial charge in [-0.1, -0.05) is 0 Å². The molecule has 2 aromatic rings. The molecule has 1 aliphatic heterocycles. The van der Waals surface area contributed by atoms with Crippen LogP contribution in [0.5, 0.6) is 0 Å². The summed E-state index contributed by atoms with van der Waals surface area (Å²) in [5, 5.41) is 0. The Labute approximate surface area is 109 Å². The minimum Gasteiger partial charge on any atom is -0.352 e. The Morgan fingerprint density at radius 3 is 2.55 bits per heavy atom. The lowest BCUT2D eigenvalue weighted by molar-refractivity contribution is -0.140. The molecule has 0 aliphatic carbocycles. The van der Waals surface area contributed by atoms with E-state index in [1.54, 1.807) is 0 Å². The number of nitrogens with zero attached hydrogens (tertiary/aromatic N) is 4. The van der Waals surface area contributed by atoms with Crippen molar-refractivity contribution in [2.45, 2.75) is 12.6 Å². The van der Waals surface area contributed by atoms with Crippen LogP contribution >= 0.6 is 0 Å². The van der Waals surface area contributed by atoms with Crippen LogP contribution in [0.2, 0.25) is 0 Å². The van der Waals surface area contributed by atoms with Crippen molar-refractivity contribution in [3.63, 3.8) is 0 Å². The van der Waals surface area contributed by atoms with Gasteiger partial charge < -0.3 is 9.30 Å². The molecule has 4 nitrogen and oxygen atoms in total. The van der Waals surface area contributed by atoms with Gasteiger partial charge in [-0.25, -0.2) is 18.7 Å². The van der Waals surface area contributed by atoms with Crippen molar-refractivity contribution in [3.05, 3.63) is 24.3 Å². The first kappa shape index (κ1) is 13.1. The maximum atomic E-state index is 12.6. The Balaban J connectivity index is 1.94. The van der Waals surface area contributed by atoms with E-state index in [2.05, 4.69) is 9.97 Å². The van der Waals surface area contributed by atoms with E-state index in [1.807, 2.05) is 0 Å². The van der Waals surface area contributed by atoms with Crippen molar-refractivity contribution in [1.29, 1.82) is 0 Å². The van der Waals surface area contributed by atoms with Crippen molar-refractivity contribution in [1.82, 2.24) is 14.4 Å². The van der Waals surface area contributed by atoms with Crippen molar-refractivity contribution in [2.24, 2.45) is 5.92 Å². The molecule has 0 unspecified atom stereocenters. The quantitative estimate of drug-likeness (QED) is 0.797. The molecule has 0 saturated carbocycles. The molecule has 1 saturated heterocycles. The van der Waals surface area contributed by atoms with Gasteiger partial charge in [0.1, 0.15) is 0 Å². The molecule has 1 fully saturated rings. The van der Waals surface area contributed by atoms with Gasteiger partial charge in [0.15, 0.2) is 17.2 Å². The SMILES string of the molecule is FC(F)C1CN(c2nccn3cc(C(F)(F)F)nc23)C1. The van der Waals surface area contributed by atoms with Gasteiger partial charge in [0.2, 0.25) is 6.43 Å². The number of hydrogen-bond donors (Lipinski definition) is 0. The maximum absolute atomic E-state index is 12.6. The lowest BCUT2D eigenvalue weighted by atomic mass is 10.0. The number of aromatic nitrogens is 3. The standard InChI is InChI=1S/C11H9F5N4/c12-8(13)6-3-20(4-6)9-10-18-7(11(14,15)16)5-19(10)2-1-17-9/h1-2,5-6,8H,3-4H2. The van der Waals surface area contributed by atoms with E-state index in [-0.39, 0.29) is 24.6 Å². The summed E-state index contributed by atoms with van der Waals surface area (Å²) in [5.74, 6) is -0.575. The van der Waals surface area contributed by atoms with Gasteiger partial charge >= 0.3 is 6.18 Å². The van der Waals surface area contributed by atoms with Crippen LogP contribution in [0.15, 0.2) is 18.6 Å². The molecule has 1 aliphatic rings. The van der Waals surface area contributed by atoms with Crippen LogP contribution in [0, 0.1) is 5.92 Å². The smallest absolute Gasteiger partial charge is 0.352 e. The van der Waals surface area contributed by atoms with E-state index in [4.69, 9.17) is 0 Å². The summed E-state index contributed by atoms with van der Waals surface area (Å²) in [4.78, 5) is 8.95. The molecule has 108 valence electrons. The van der Waals surface area contributed by atoms with Gasteiger partial charge in [-0.3, -0.25) is 0 Å². The summed E-state index contributed by atoms with van der Waals surface area (Å²) in [6.45, 7) is 0.136. The van der Waals surface area contributed by atoms with Gasteiger partial charge in [-0.05, 0) is 0 Å². The molecule has 3 heterocycles. The van der Waals surface area contributed by atoms with Crippen LogP contribution in [0.1, 0.15) is 5.69 Å². The summed E-state index contributed by atoms with van der Waals surface area (Å²) in [7, 11) is 0. The minimum absolute atomic E-state index is 0.0209. The lowest BCUT2D eigenvalue weighted by Crippen LogP contribution is -2.50. The second kappa shape index (κ2) is 4.29. The third-order valence-electron chi connectivity index (χ3n) is 3.21. The molecule has 9 heteroatoms. The van der Waals surface area contributed by atoms with Gasteiger partial charge in [0.05, 0.1) is 5.92 Å². The van der Waals surface area contributed by atoms with Crippen molar-refractivity contribution in [3.8, 4) is 0 Å². The largest absolute Gasteiger partial charge is 0.434 e. The van der Waals surface area contributed by atoms with E-state index in [9.17, 15) is 22.0 Å². The second-order valence-electron chi connectivity index (χ2n) is 4.61. The van der Waals surface area contributed by atoms with Crippen LogP contribution < -0.4 is 4.90 Å². The van der Waals surface area contributed by atoms with Crippen LogP contribution in [0.3, 0.4) is 0 Å². The summed E-state index contributed by atoms with van der Waals surface area (Å²) < 4.78 is 63.9. The summed E-state index contributed by atoms with van der Waals surface area (Å²) >= 11 is 0. The average molecular weight is 292 g/mol. The van der Waals surface area contributed by atoms with Crippen LogP contribution in [-0.2, 0) is 6.18 Å².